The maximum atomic E-state index is 11.9. The van der Waals surface area contributed by atoms with Crippen molar-refractivity contribution in [3.8, 4) is 0 Å². The van der Waals surface area contributed by atoms with E-state index >= 15 is 0 Å². The highest BCUT2D eigenvalue weighted by atomic mass is 79.9. The lowest BCUT2D eigenvalue weighted by atomic mass is 10.1. The fourth-order valence-corrected chi connectivity index (χ4v) is 2.66. The van der Waals surface area contributed by atoms with Crippen LogP contribution in [0.1, 0.15) is 12.8 Å². The zero-order chi connectivity index (χ0) is 13.0. The summed E-state index contributed by atoms with van der Waals surface area (Å²) in [5.74, 6) is 0.710. The predicted octanol–water partition coefficient (Wildman–Crippen LogP) is 2.13. The fourth-order valence-electron chi connectivity index (χ4n) is 1.68. The summed E-state index contributed by atoms with van der Waals surface area (Å²) in [5, 5.41) is 0.833. The number of carbonyl (C=O) groups excluding carboxylic acids is 2. The van der Waals surface area contributed by atoms with E-state index in [9.17, 15) is 9.59 Å². The molecule has 2 heterocycles. The third-order valence-electron chi connectivity index (χ3n) is 2.72. The van der Waals surface area contributed by atoms with Crippen molar-refractivity contribution in [2.24, 2.45) is 0 Å². The maximum absolute atomic E-state index is 11.9. The molecule has 6 heteroatoms. The van der Waals surface area contributed by atoms with Crippen LogP contribution < -0.4 is 0 Å². The number of ketones is 1. The number of rotatable bonds is 3. The van der Waals surface area contributed by atoms with Gasteiger partial charge in [0.05, 0.1) is 10.8 Å². The summed E-state index contributed by atoms with van der Waals surface area (Å²) in [4.78, 5) is 28.9. The Labute approximate surface area is 118 Å². The molecule has 0 saturated carbocycles. The average Bonchev–Trinajstić information content (AvgIpc) is 2.38. The van der Waals surface area contributed by atoms with Gasteiger partial charge >= 0.3 is 0 Å². The van der Waals surface area contributed by atoms with Crippen LogP contribution in [0.25, 0.3) is 0 Å². The Bertz CT molecular complexity index is 440. The van der Waals surface area contributed by atoms with Gasteiger partial charge in [-0.15, -0.1) is 0 Å². The van der Waals surface area contributed by atoms with Crippen LogP contribution in [0.15, 0.2) is 27.8 Å². The number of aromatic nitrogens is 1. The van der Waals surface area contributed by atoms with E-state index in [1.165, 1.54) is 11.8 Å². The van der Waals surface area contributed by atoms with Gasteiger partial charge in [-0.25, -0.2) is 4.98 Å². The molecule has 0 unspecified atom stereocenters. The number of likely N-dealkylation sites (tertiary alicyclic amines) is 1. The van der Waals surface area contributed by atoms with E-state index in [1.807, 2.05) is 12.1 Å². The second-order valence-electron chi connectivity index (χ2n) is 4.02. The van der Waals surface area contributed by atoms with Crippen LogP contribution >= 0.6 is 27.7 Å². The van der Waals surface area contributed by atoms with Gasteiger partial charge in [0.25, 0.3) is 0 Å². The standard InChI is InChI=1S/C12H13BrN2O2S/c13-9-1-2-11(14-7-9)18-8-12(17)15-5-3-10(16)4-6-15/h1-2,7H,3-6,8H2. The van der Waals surface area contributed by atoms with E-state index in [0.717, 1.165) is 9.50 Å². The SMILES string of the molecule is O=C1CCN(C(=O)CSc2ccc(Br)cn2)CC1. The van der Waals surface area contributed by atoms with Gasteiger partial charge in [-0.3, -0.25) is 9.59 Å². The first kappa shape index (κ1) is 13.5. The van der Waals surface area contributed by atoms with E-state index in [2.05, 4.69) is 20.9 Å². The van der Waals surface area contributed by atoms with E-state index in [4.69, 9.17) is 0 Å². The molecule has 0 N–H and O–H groups in total. The van der Waals surface area contributed by atoms with Crippen LogP contribution in [0.5, 0.6) is 0 Å². The Hall–Kier alpha value is -0.880. The molecule has 18 heavy (non-hydrogen) atoms. The van der Waals surface area contributed by atoms with Gasteiger partial charge in [0.2, 0.25) is 5.91 Å². The van der Waals surface area contributed by atoms with E-state index < -0.39 is 0 Å². The Morgan fingerprint density at radius 1 is 1.39 bits per heavy atom. The summed E-state index contributed by atoms with van der Waals surface area (Å²) in [6, 6.07) is 3.78. The number of hydrogen-bond donors (Lipinski definition) is 0. The van der Waals surface area contributed by atoms with Crippen LogP contribution in [-0.4, -0.2) is 40.4 Å². The molecular formula is C12H13BrN2O2S. The molecule has 2 rings (SSSR count). The molecule has 0 radical (unpaired) electrons. The zero-order valence-electron chi connectivity index (χ0n) is 9.76. The largest absolute Gasteiger partial charge is 0.341 e. The Morgan fingerprint density at radius 2 is 2.11 bits per heavy atom. The van der Waals surface area contributed by atoms with Crippen molar-refractivity contribution in [3.05, 3.63) is 22.8 Å². The summed E-state index contributed by atoms with van der Waals surface area (Å²) in [6.07, 6.45) is 2.70. The lowest BCUT2D eigenvalue weighted by Gasteiger charge is -2.25. The Kier molecular flexibility index (Phi) is 4.77. The van der Waals surface area contributed by atoms with Crippen molar-refractivity contribution in [1.82, 2.24) is 9.88 Å². The summed E-state index contributed by atoms with van der Waals surface area (Å²) < 4.78 is 0.924. The highest BCUT2D eigenvalue weighted by Gasteiger charge is 2.20. The van der Waals surface area contributed by atoms with Crippen LogP contribution in [0.3, 0.4) is 0 Å². The summed E-state index contributed by atoms with van der Waals surface area (Å²) in [6.45, 7) is 1.12. The predicted molar refractivity (Wildman–Crippen MR) is 73.5 cm³/mol. The summed E-state index contributed by atoms with van der Waals surface area (Å²) in [5.41, 5.74) is 0. The number of nitrogens with zero attached hydrogens (tertiary/aromatic N) is 2. The van der Waals surface area contributed by atoms with Crippen LogP contribution in [-0.2, 0) is 9.59 Å². The average molecular weight is 329 g/mol. The molecule has 0 aliphatic carbocycles. The monoisotopic (exact) mass is 328 g/mol. The molecule has 0 aromatic carbocycles. The Balaban J connectivity index is 1.81. The van der Waals surface area contributed by atoms with E-state index in [-0.39, 0.29) is 11.7 Å². The van der Waals surface area contributed by atoms with Crippen molar-refractivity contribution in [2.45, 2.75) is 17.9 Å². The lowest BCUT2D eigenvalue weighted by molar-refractivity contribution is -0.132. The number of Topliss-reactive ketones (excluding diaryl/α,β-unsaturated/α-hetero) is 1. The number of halogens is 1. The first-order valence-electron chi connectivity index (χ1n) is 5.69. The number of piperidine rings is 1. The number of amides is 1. The molecule has 1 aromatic rings. The molecule has 1 aliphatic heterocycles. The van der Waals surface area contributed by atoms with Crippen molar-refractivity contribution in [2.75, 3.05) is 18.8 Å². The number of thioether (sulfide) groups is 1. The van der Waals surface area contributed by atoms with Crippen LogP contribution in [0.2, 0.25) is 0 Å². The van der Waals surface area contributed by atoms with Crippen molar-refractivity contribution in [1.29, 1.82) is 0 Å². The fraction of sp³-hybridized carbons (Fsp3) is 0.417. The smallest absolute Gasteiger partial charge is 0.233 e. The molecule has 0 atom stereocenters. The molecule has 1 amide bonds. The topological polar surface area (TPSA) is 50.3 Å². The van der Waals surface area contributed by atoms with Gasteiger partial charge in [0.15, 0.2) is 0 Å². The van der Waals surface area contributed by atoms with Gasteiger partial charge in [0, 0.05) is 36.6 Å². The first-order valence-corrected chi connectivity index (χ1v) is 7.47. The maximum Gasteiger partial charge on any atom is 0.233 e. The quantitative estimate of drug-likeness (QED) is 0.797. The molecule has 1 aromatic heterocycles. The minimum atomic E-state index is 0.0808. The van der Waals surface area contributed by atoms with Gasteiger partial charge in [-0.1, -0.05) is 11.8 Å². The third-order valence-corrected chi connectivity index (χ3v) is 4.12. The van der Waals surface area contributed by atoms with Gasteiger partial charge in [0.1, 0.15) is 5.78 Å². The molecule has 1 saturated heterocycles. The molecular weight excluding hydrogens is 316 g/mol. The molecule has 1 aliphatic rings. The van der Waals surface area contributed by atoms with Crippen molar-refractivity contribution in [3.63, 3.8) is 0 Å². The van der Waals surface area contributed by atoms with Crippen LogP contribution in [0.4, 0.5) is 0 Å². The normalized spacial score (nSPS) is 15.8. The minimum absolute atomic E-state index is 0.0808. The van der Waals surface area contributed by atoms with Crippen molar-refractivity contribution < 1.29 is 9.59 Å². The summed E-state index contributed by atoms with van der Waals surface area (Å²) in [7, 11) is 0. The van der Waals surface area contributed by atoms with Gasteiger partial charge in [-0.2, -0.15) is 0 Å². The van der Waals surface area contributed by atoms with Crippen molar-refractivity contribution >= 4 is 39.4 Å². The lowest BCUT2D eigenvalue weighted by Crippen LogP contribution is -2.39. The molecule has 1 fully saturated rings. The second-order valence-corrected chi connectivity index (χ2v) is 5.93. The first-order chi connectivity index (χ1) is 8.65. The Morgan fingerprint density at radius 3 is 2.72 bits per heavy atom. The number of carbonyl (C=O) groups is 2. The minimum Gasteiger partial charge on any atom is -0.341 e. The molecule has 4 nitrogen and oxygen atoms in total. The summed E-state index contributed by atoms with van der Waals surface area (Å²) >= 11 is 4.74. The second kappa shape index (κ2) is 6.33. The number of hydrogen-bond acceptors (Lipinski definition) is 4. The van der Waals surface area contributed by atoms with Crippen LogP contribution in [0, 0.1) is 0 Å². The molecule has 0 spiro atoms. The highest BCUT2D eigenvalue weighted by molar-refractivity contribution is 9.10. The third kappa shape index (κ3) is 3.81. The number of pyridine rings is 1. The van der Waals surface area contributed by atoms with E-state index in [1.54, 1.807) is 11.1 Å². The van der Waals surface area contributed by atoms with E-state index in [0.29, 0.717) is 31.7 Å². The zero-order valence-corrected chi connectivity index (χ0v) is 12.2. The highest BCUT2D eigenvalue weighted by Crippen LogP contribution is 2.18. The van der Waals surface area contributed by atoms with Gasteiger partial charge in [-0.05, 0) is 28.1 Å². The van der Waals surface area contributed by atoms with Gasteiger partial charge < -0.3 is 4.90 Å². The molecule has 96 valence electrons. The molecule has 0 bridgehead atoms.